The van der Waals surface area contributed by atoms with Crippen LogP contribution in [0.4, 0.5) is 5.69 Å². The Kier molecular flexibility index (Phi) is 7.32. The molecule has 0 aliphatic rings. The van der Waals surface area contributed by atoms with Crippen molar-refractivity contribution >= 4 is 29.1 Å². The summed E-state index contributed by atoms with van der Waals surface area (Å²) in [5, 5.41) is 14.8. The first-order chi connectivity index (χ1) is 12.4. The largest absolute Gasteiger partial charge is 0.326 e. The second-order valence-electron chi connectivity index (χ2n) is 6.54. The summed E-state index contributed by atoms with van der Waals surface area (Å²) in [6.45, 7) is 8.69. The first-order valence-corrected chi connectivity index (χ1v) is 9.65. The van der Waals surface area contributed by atoms with Gasteiger partial charge in [0.15, 0.2) is 5.78 Å². The van der Waals surface area contributed by atoms with Gasteiger partial charge in [-0.15, -0.1) is 5.10 Å². The van der Waals surface area contributed by atoms with Crippen molar-refractivity contribution in [3.63, 3.8) is 0 Å². The van der Waals surface area contributed by atoms with Gasteiger partial charge in [-0.05, 0) is 54.0 Å². The molecule has 0 spiro atoms. The van der Waals surface area contributed by atoms with Crippen molar-refractivity contribution < 1.29 is 9.59 Å². The van der Waals surface area contributed by atoms with Crippen molar-refractivity contribution in [3.05, 3.63) is 29.8 Å². The van der Waals surface area contributed by atoms with Crippen LogP contribution in [0.2, 0.25) is 0 Å². The quantitative estimate of drug-likeness (QED) is 0.533. The number of rotatable bonds is 9. The molecule has 0 aliphatic heterocycles. The van der Waals surface area contributed by atoms with Crippen LogP contribution in [0, 0.1) is 5.92 Å². The molecule has 1 amide bonds. The molecule has 0 bridgehead atoms. The summed E-state index contributed by atoms with van der Waals surface area (Å²) in [6, 6.07) is 6.97. The highest BCUT2D eigenvalue weighted by Crippen LogP contribution is 2.24. The number of thioether (sulfide) groups is 1. The molecule has 0 fully saturated rings. The molecular weight excluding hydrogens is 350 g/mol. The Labute approximate surface area is 157 Å². The fourth-order valence-corrected chi connectivity index (χ4v) is 3.23. The molecule has 1 unspecified atom stereocenters. The van der Waals surface area contributed by atoms with Crippen LogP contribution in [0.1, 0.15) is 50.9 Å². The van der Waals surface area contributed by atoms with Gasteiger partial charge in [0.1, 0.15) is 0 Å². The van der Waals surface area contributed by atoms with Gasteiger partial charge < -0.3 is 5.32 Å². The van der Waals surface area contributed by atoms with Gasteiger partial charge in [-0.2, -0.15) is 0 Å². The van der Waals surface area contributed by atoms with E-state index in [1.165, 1.54) is 11.8 Å². The zero-order valence-electron chi connectivity index (χ0n) is 15.6. The molecule has 1 heterocycles. The summed E-state index contributed by atoms with van der Waals surface area (Å²) in [5.74, 6) is 0.396. The monoisotopic (exact) mass is 375 g/mol. The molecule has 7 nitrogen and oxygen atoms in total. The summed E-state index contributed by atoms with van der Waals surface area (Å²) < 4.78 is 1.73. The number of anilines is 1. The summed E-state index contributed by atoms with van der Waals surface area (Å²) in [5.41, 5.74) is 1.29. The Balaban J connectivity index is 2.00. The third-order valence-corrected chi connectivity index (χ3v) is 4.69. The number of benzene rings is 1. The van der Waals surface area contributed by atoms with E-state index < -0.39 is 0 Å². The lowest BCUT2D eigenvalue weighted by Gasteiger charge is -2.12. The SMILES string of the molecule is CCCC(=O)Nc1ccc(C(=O)C(C)Sc2nnnn2CC(C)C)cc1. The van der Waals surface area contributed by atoms with Crippen LogP contribution < -0.4 is 5.32 Å². The first kappa shape index (κ1) is 20.1. The van der Waals surface area contributed by atoms with Crippen molar-refractivity contribution in [3.8, 4) is 0 Å². The molecule has 140 valence electrons. The van der Waals surface area contributed by atoms with E-state index in [2.05, 4.69) is 34.7 Å². The number of carbonyl (C=O) groups is 2. The lowest BCUT2D eigenvalue weighted by molar-refractivity contribution is -0.116. The van der Waals surface area contributed by atoms with Crippen molar-refractivity contribution in [1.29, 1.82) is 0 Å². The number of ketones is 1. The molecular formula is C18H25N5O2S. The van der Waals surface area contributed by atoms with Crippen molar-refractivity contribution in [2.45, 2.75) is 57.5 Å². The zero-order chi connectivity index (χ0) is 19.1. The van der Waals surface area contributed by atoms with E-state index >= 15 is 0 Å². The van der Waals surface area contributed by atoms with Crippen molar-refractivity contribution in [2.24, 2.45) is 5.92 Å². The Morgan fingerprint density at radius 3 is 2.50 bits per heavy atom. The van der Waals surface area contributed by atoms with Gasteiger partial charge in [-0.3, -0.25) is 9.59 Å². The van der Waals surface area contributed by atoms with E-state index in [1.807, 2.05) is 13.8 Å². The Bertz CT molecular complexity index is 742. The van der Waals surface area contributed by atoms with E-state index in [4.69, 9.17) is 0 Å². The van der Waals surface area contributed by atoms with Crippen LogP contribution in [-0.2, 0) is 11.3 Å². The van der Waals surface area contributed by atoms with Crippen molar-refractivity contribution in [1.82, 2.24) is 20.2 Å². The minimum atomic E-state index is -0.313. The maximum Gasteiger partial charge on any atom is 0.224 e. The molecule has 0 aliphatic carbocycles. The van der Waals surface area contributed by atoms with Gasteiger partial charge in [0.05, 0.1) is 5.25 Å². The minimum Gasteiger partial charge on any atom is -0.326 e. The van der Waals surface area contributed by atoms with Crippen LogP contribution in [0.5, 0.6) is 0 Å². The summed E-state index contributed by atoms with van der Waals surface area (Å²) in [7, 11) is 0. The Morgan fingerprint density at radius 2 is 1.88 bits per heavy atom. The van der Waals surface area contributed by atoms with Gasteiger partial charge in [-0.25, -0.2) is 4.68 Å². The van der Waals surface area contributed by atoms with Gasteiger partial charge >= 0.3 is 0 Å². The Hall–Kier alpha value is -2.22. The predicted molar refractivity (Wildman–Crippen MR) is 102 cm³/mol. The van der Waals surface area contributed by atoms with E-state index in [0.29, 0.717) is 35.3 Å². The Morgan fingerprint density at radius 1 is 1.19 bits per heavy atom. The molecule has 2 aromatic rings. The van der Waals surface area contributed by atoms with Gasteiger partial charge in [0, 0.05) is 24.2 Å². The van der Waals surface area contributed by atoms with Crippen LogP contribution >= 0.6 is 11.8 Å². The number of nitrogens with zero attached hydrogens (tertiary/aromatic N) is 4. The maximum atomic E-state index is 12.7. The molecule has 8 heteroatoms. The number of nitrogens with one attached hydrogen (secondary N) is 1. The minimum absolute atomic E-state index is 0.000492. The number of Topliss-reactive ketones (excluding diaryl/α,β-unsaturated/α-hetero) is 1. The number of amides is 1. The maximum absolute atomic E-state index is 12.7. The van der Waals surface area contributed by atoms with Crippen LogP contribution in [-0.4, -0.2) is 37.1 Å². The lowest BCUT2D eigenvalue weighted by atomic mass is 10.1. The second kappa shape index (κ2) is 9.47. The van der Waals surface area contributed by atoms with Crippen molar-refractivity contribution in [2.75, 3.05) is 5.32 Å². The van der Waals surface area contributed by atoms with Gasteiger partial charge in [0.25, 0.3) is 0 Å². The number of carbonyl (C=O) groups excluding carboxylic acids is 2. The molecule has 0 saturated carbocycles. The van der Waals surface area contributed by atoms with E-state index in [0.717, 1.165) is 6.42 Å². The number of tetrazole rings is 1. The molecule has 1 N–H and O–H groups in total. The molecule has 1 aromatic heterocycles. The number of hydrogen-bond acceptors (Lipinski definition) is 6. The van der Waals surface area contributed by atoms with Crippen LogP contribution in [0.25, 0.3) is 0 Å². The van der Waals surface area contributed by atoms with E-state index in [9.17, 15) is 9.59 Å². The molecule has 1 aromatic carbocycles. The van der Waals surface area contributed by atoms with E-state index in [1.54, 1.807) is 28.9 Å². The zero-order valence-corrected chi connectivity index (χ0v) is 16.4. The molecule has 0 radical (unpaired) electrons. The third kappa shape index (κ3) is 5.66. The normalized spacial score (nSPS) is 12.2. The summed E-state index contributed by atoms with van der Waals surface area (Å²) in [6.07, 6.45) is 1.28. The van der Waals surface area contributed by atoms with E-state index in [-0.39, 0.29) is 16.9 Å². The number of aromatic nitrogens is 4. The van der Waals surface area contributed by atoms with Crippen LogP contribution in [0.15, 0.2) is 29.4 Å². The smallest absolute Gasteiger partial charge is 0.224 e. The molecule has 26 heavy (non-hydrogen) atoms. The molecule has 2 rings (SSSR count). The summed E-state index contributed by atoms with van der Waals surface area (Å²) in [4.78, 5) is 24.3. The lowest BCUT2D eigenvalue weighted by Crippen LogP contribution is -2.16. The average Bonchev–Trinajstić information content (AvgIpc) is 3.01. The van der Waals surface area contributed by atoms with Gasteiger partial charge in [-0.1, -0.05) is 32.5 Å². The average molecular weight is 375 g/mol. The standard InChI is InChI=1S/C18H25N5O2S/c1-5-6-16(24)19-15-9-7-14(8-10-15)17(25)13(4)26-18-20-21-22-23(18)11-12(2)3/h7-10,12-13H,5-6,11H2,1-4H3,(H,19,24). The highest BCUT2D eigenvalue weighted by molar-refractivity contribution is 8.00. The van der Waals surface area contributed by atoms with Gasteiger partial charge in [0.2, 0.25) is 11.1 Å². The second-order valence-corrected chi connectivity index (χ2v) is 7.85. The fraction of sp³-hybridized carbons (Fsp3) is 0.500. The third-order valence-electron chi connectivity index (χ3n) is 3.62. The highest BCUT2D eigenvalue weighted by Gasteiger charge is 2.20. The molecule has 0 saturated heterocycles. The highest BCUT2D eigenvalue weighted by atomic mass is 32.2. The summed E-state index contributed by atoms with van der Waals surface area (Å²) >= 11 is 1.35. The predicted octanol–water partition coefficient (Wildman–Crippen LogP) is 3.43. The van der Waals surface area contributed by atoms with Crippen LogP contribution in [0.3, 0.4) is 0 Å². The first-order valence-electron chi connectivity index (χ1n) is 8.77. The topological polar surface area (TPSA) is 89.8 Å². The fourth-order valence-electron chi connectivity index (χ4n) is 2.36. The molecule has 1 atom stereocenters. The number of hydrogen-bond donors (Lipinski definition) is 1.